The topological polar surface area (TPSA) is 43.1 Å². The molecule has 0 radical (unpaired) electrons. The Morgan fingerprint density at radius 3 is 2.78 bits per heavy atom. The normalized spacial score (nSPS) is 11.1. The number of rotatable bonds is 1. The van der Waals surface area contributed by atoms with Crippen LogP contribution in [0.1, 0.15) is 5.56 Å². The molecule has 2 heterocycles. The van der Waals surface area contributed by atoms with E-state index in [1.807, 2.05) is 23.5 Å². The number of halogens is 2. The molecule has 3 aromatic rings. The molecule has 0 fully saturated rings. The van der Waals surface area contributed by atoms with Crippen molar-refractivity contribution in [3.05, 3.63) is 45.8 Å². The van der Waals surface area contributed by atoms with Crippen molar-refractivity contribution in [2.75, 3.05) is 0 Å². The zero-order valence-electron chi connectivity index (χ0n) is 9.43. The van der Waals surface area contributed by atoms with E-state index in [-0.39, 0.29) is 0 Å². The van der Waals surface area contributed by atoms with Gasteiger partial charge in [0, 0.05) is 16.1 Å². The van der Waals surface area contributed by atoms with Crippen LogP contribution in [0, 0.1) is 6.92 Å². The minimum Gasteiger partial charge on any atom is -0.265 e. The van der Waals surface area contributed by atoms with Gasteiger partial charge in [0.1, 0.15) is 11.5 Å². The van der Waals surface area contributed by atoms with Crippen molar-refractivity contribution in [3.63, 3.8) is 0 Å². The number of hydrogen-bond acceptors (Lipinski definition) is 3. The van der Waals surface area contributed by atoms with Crippen LogP contribution < -0.4 is 0 Å². The van der Waals surface area contributed by atoms with Gasteiger partial charge in [-0.25, -0.2) is 4.98 Å². The van der Waals surface area contributed by atoms with E-state index in [0.717, 1.165) is 21.4 Å². The van der Waals surface area contributed by atoms with E-state index in [1.165, 1.54) is 0 Å². The molecule has 1 aromatic carbocycles. The molecule has 90 valence electrons. The second kappa shape index (κ2) is 4.33. The maximum Gasteiger partial charge on any atom is 0.169 e. The summed E-state index contributed by atoms with van der Waals surface area (Å²) in [5.41, 5.74) is 2.82. The first-order valence-corrected chi connectivity index (χ1v) is 6.44. The fraction of sp³-hybridized carbons (Fsp3) is 0.0833. The lowest BCUT2D eigenvalue weighted by Gasteiger charge is -2.02. The van der Waals surface area contributed by atoms with Crippen LogP contribution in [0.15, 0.2) is 35.1 Å². The van der Waals surface area contributed by atoms with Crippen LogP contribution in [-0.4, -0.2) is 19.6 Å². The van der Waals surface area contributed by atoms with Crippen molar-refractivity contribution in [1.29, 1.82) is 0 Å². The smallest absolute Gasteiger partial charge is 0.169 e. The minimum atomic E-state index is 0.409. The summed E-state index contributed by atoms with van der Waals surface area (Å²) in [7, 11) is 0. The second-order valence-electron chi connectivity index (χ2n) is 3.98. The van der Waals surface area contributed by atoms with E-state index in [9.17, 15) is 0 Å². The zero-order chi connectivity index (χ0) is 12.7. The monoisotopic (exact) mass is 322 g/mol. The summed E-state index contributed by atoms with van der Waals surface area (Å²) in [6.45, 7) is 2.03. The van der Waals surface area contributed by atoms with Gasteiger partial charge in [-0.3, -0.25) is 4.40 Å². The van der Waals surface area contributed by atoms with Gasteiger partial charge < -0.3 is 0 Å². The number of hydrogen-bond donors (Lipinski definition) is 0. The standard InChI is InChI=1S/C12H8BrClN4/c1-7-2-8(4-9(13)3-7)12-17-16-11-5-10(14)15-6-18(11)12/h2-6H,1H3. The number of aryl methyl sites for hydroxylation is 1. The molecule has 0 unspecified atom stereocenters. The van der Waals surface area contributed by atoms with Gasteiger partial charge in [-0.15, -0.1) is 10.2 Å². The van der Waals surface area contributed by atoms with Crippen LogP contribution in [-0.2, 0) is 0 Å². The van der Waals surface area contributed by atoms with E-state index >= 15 is 0 Å². The van der Waals surface area contributed by atoms with Crippen molar-refractivity contribution in [1.82, 2.24) is 19.6 Å². The van der Waals surface area contributed by atoms with E-state index in [2.05, 4.69) is 37.2 Å². The predicted molar refractivity (Wildman–Crippen MR) is 73.7 cm³/mol. The molecule has 0 atom stereocenters. The summed E-state index contributed by atoms with van der Waals surface area (Å²) >= 11 is 9.30. The lowest BCUT2D eigenvalue weighted by Crippen LogP contribution is -1.91. The molecule has 0 aliphatic heterocycles. The molecule has 0 spiro atoms. The van der Waals surface area contributed by atoms with Gasteiger partial charge >= 0.3 is 0 Å². The number of fused-ring (bicyclic) bond motifs is 1. The van der Waals surface area contributed by atoms with Gasteiger partial charge in [0.25, 0.3) is 0 Å². The summed E-state index contributed by atoms with van der Waals surface area (Å²) in [5, 5.41) is 8.68. The van der Waals surface area contributed by atoms with Gasteiger partial charge in [-0.1, -0.05) is 27.5 Å². The average molecular weight is 324 g/mol. The summed E-state index contributed by atoms with van der Waals surface area (Å²) in [6, 6.07) is 7.78. The molecule has 2 aromatic heterocycles. The van der Waals surface area contributed by atoms with Crippen LogP contribution in [0.3, 0.4) is 0 Å². The van der Waals surface area contributed by atoms with Crippen LogP contribution in [0.5, 0.6) is 0 Å². The third-order valence-electron chi connectivity index (χ3n) is 2.57. The SMILES string of the molecule is Cc1cc(Br)cc(-c2nnc3cc(Cl)ncn23)c1. The predicted octanol–water partition coefficient (Wildman–Crippen LogP) is 3.52. The molecular formula is C12H8BrClN4. The molecule has 6 heteroatoms. The Balaban J connectivity index is 2.25. The molecule has 0 saturated carbocycles. The number of nitrogens with zero attached hydrogens (tertiary/aromatic N) is 4. The largest absolute Gasteiger partial charge is 0.265 e. The minimum absolute atomic E-state index is 0.409. The first-order valence-electron chi connectivity index (χ1n) is 5.27. The first kappa shape index (κ1) is 11.6. The van der Waals surface area contributed by atoms with Crippen molar-refractivity contribution < 1.29 is 0 Å². The molecule has 0 amide bonds. The highest BCUT2D eigenvalue weighted by molar-refractivity contribution is 9.10. The van der Waals surface area contributed by atoms with Crippen LogP contribution in [0.4, 0.5) is 0 Å². The maximum absolute atomic E-state index is 5.82. The Bertz CT molecular complexity index is 718. The summed E-state index contributed by atoms with van der Waals surface area (Å²) in [4.78, 5) is 4.05. The maximum atomic E-state index is 5.82. The Kier molecular flexibility index (Phi) is 2.80. The Morgan fingerprint density at radius 1 is 1.17 bits per heavy atom. The molecular weight excluding hydrogens is 316 g/mol. The number of benzene rings is 1. The highest BCUT2D eigenvalue weighted by Gasteiger charge is 2.09. The Hall–Kier alpha value is -1.46. The molecule has 4 nitrogen and oxygen atoms in total. The zero-order valence-corrected chi connectivity index (χ0v) is 11.8. The first-order chi connectivity index (χ1) is 8.63. The fourth-order valence-electron chi connectivity index (χ4n) is 1.83. The molecule has 0 N–H and O–H groups in total. The molecule has 0 aliphatic rings. The second-order valence-corrected chi connectivity index (χ2v) is 5.28. The van der Waals surface area contributed by atoms with E-state index in [4.69, 9.17) is 11.6 Å². The van der Waals surface area contributed by atoms with E-state index < -0.39 is 0 Å². The third-order valence-corrected chi connectivity index (χ3v) is 3.23. The van der Waals surface area contributed by atoms with Crippen molar-refractivity contribution in [2.45, 2.75) is 6.92 Å². The lowest BCUT2D eigenvalue weighted by molar-refractivity contribution is 1.08. The van der Waals surface area contributed by atoms with Gasteiger partial charge in [0.15, 0.2) is 11.5 Å². The van der Waals surface area contributed by atoms with Gasteiger partial charge in [0.2, 0.25) is 0 Å². The summed E-state index contributed by atoms with van der Waals surface area (Å²) < 4.78 is 2.82. The quantitative estimate of drug-likeness (QED) is 0.644. The lowest BCUT2D eigenvalue weighted by atomic mass is 10.1. The van der Waals surface area contributed by atoms with E-state index in [1.54, 1.807) is 12.4 Å². The van der Waals surface area contributed by atoms with Crippen LogP contribution in [0.25, 0.3) is 17.0 Å². The van der Waals surface area contributed by atoms with Crippen LogP contribution >= 0.6 is 27.5 Å². The molecule has 0 aliphatic carbocycles. The highest BCUT2D eigenvalue weighted by Crippen LogP contribution is 2.24. The molecule has 3 rings (SSSR count). The number of aromatic nitrogens is 4. The van der Waals surface area contributed by atoms with Gasteiger partial charge in [0.05, 0.1) is 0 Å². The third kappa shape index (κ3) is 2.00. The van der Waals surface area contributed by atoms with E-state index in [0.29, 0.717) is 10.8 Å². The summed E-state index contributed by atoms with van der Waals surface area (Å²) in [5.74, 6) is 0.749. The van der Waals surface area contributed by atoms with Gasteiger partial charge in [-0.2, -0.15) is 0 Å². The Morgan fingerprint density at radius 2 is 2.00 bits per heavy atom. The average Bonchev–Trinajstić information content (AvgIpc) is 2.70. The van der Waals surface area contributed by atoms with Gasteiger partial charge in [-0.05, 0) is 30.7 Å². The fourth-order valence-corrected chi connectivity index (χ4v) is 2.58. The molecule has 18 heavy (non-hydrogen) atoms. The van der Waals surface area contributed by atoms with Crippen molar-refractivity contribution in [3.8, 4) is 11.4 Å². The Labute approximate surface area is 117 Å². The molecule has 0 saturated heterocycles. The van der Waals surface area contributed by atoms with Crippen molar-refractivity contribution in [2.24, 2.45) is 0 Å². The van der Waals surface area contributed by atoms with Crippen molar-refractivity contribution >= 4 is 33.2 Å². The molecule has 0 bridgehead atoms. The summed E-state index contributed by atoms with van der Waals surface area (Å²) in [6.07, 6.45) is 1.63. The highest BCUT2D eigenvalue weighted by atomic mass is 79.9. The van der Waals surface area contributed by atoms with Crippen LogP contribution in [0.2, 0.25) is 5.15 Å².